The first-order valence-corrected chi connectivity index (χ1v) is 16.0. The second-order valence-electron chi connectivity index (χ2n) is 15.2. The summed E-state index contributed by atoms with van der Waals surface area (Å²) in [7, 11) is 0. The summed E-state index contributed by atoms with van der Waals surface area (Å²) in [6.45, 7) is 12.7. The molecule has 5 rings (SSSR count). The molecule has 1 aromatic carbocycles. The topological polar surface area (TPSA) is 40.5 Å². The van der Waals surface area contributed by atoms with Crippen LogP contribution in [0.1, 0.15) is 123 Å². The molecule has 9 atom stereocenters. The van der Waals surface area contributed by atoms with Crippen molar-refractivity contribution in [1.82, 2.24) is 0 Å². The summed E-state index contributed by atoms with van der Waals surface area (Å²) in [5.41, 5.74) is 2.46. The van der Waals surface area contributed by atoms with Crippen LogP contribution in [0.5, 0.6) is 0 Å². The third kappa shape index (κ3) is 5.08. The highest BCUT2D eigenvalue weighted by Crippen LogP contribution is 2.69. The molecule has 0 aromatic heterocycles. The molecule has 4 aliphatic rings. The van der Waals surface area contributed by atoms with E-state index in [9.17, 15) is 10.2 Å². The molecule has 2 N–H and O–H groups in total. The highest BCUT2D eigenvalue weighted by molar-refractivity contribution is 5.28. The van der Waals surface area contributed by atoms with Gasteiger partial charge in [0.15, 0.2) is 0 Å². The summed E-state index contributed by atoms with van der Waals surface area (Å²) in [5, 5.41) is 21.6. The Morgan fingerprint density at radius 3 is 2.30 bits per heavy atom. The molecule has 4 saturated carbocycles. The zero-order valence-electron chi connectivity index (χ0n) is 24.6. The van der Waals surface area contributed by atoms with Crippen LogP contribution in [0.15, 0.2) is 24.3 Å². The maximum Gasteiger partial charge on any atom is 0.0691 e. The first-order chi connectivity index (χ1) is 17.6. The lowest BCUT2D eigenvalue weighted by Crippen LogP contribution is -2.56. The van der Waals surface area contributed by atoms with Crippen LogP contribution in [0.3, 0.4) is 0 Å². The van der Waals surface area contributed by atoms with Gasteiger partial charge in [0.2, 0.25) is 0 Å². The summed E-state index contributed by atoms with van der Waals surface area (Å²) in [5.74, 6) is 5.98. The van der Waals surface area contributed by atoms with Crippen LogP contribution >= 0.6 is 0 Å². The number of benzene rings is 1. The molecule has 4 fully saturated rings. The Bertz CT molecular complexity index is 924. The van der Waals surface area contributed by atoms with Gasteiger partial charge in [-0.05, 0) is 121 Å². The highest BCUT2D eigenvalue weighted by Gasteiger charge is 2.61. The van der Waals surface area contributed by atoms with Gasteiger partial charge in [0.05, 0.1) is 12.2 Å². The van der Waals surface area contributed by atoms with Crippen LogP contribution < -0.4 is 0 Å². The summed E-state index contributed by atoms with van der Waals surface area (Å²) in [4.78, 5) is 0. The van der Waals surface area contributed by atoms with Gasteiger partial charge in [0.25, 0.3) is 0 Å². The van der Waals surface area contributed by atoms with Crippen LogP contribution in [0.2, 0.25) is 0 Å². The quantitative estimate of drug-likeness (QED) is 0.369. The van der Waals surface area contributed by atoms with E-state index >= 15 is 0 Å². The molecular formula is C35H56O2. The Kier molecular flexibility index (Phi) is 7.94. The van der Waals surface area contributed by atoms with Crippen molar-refractivity contribution >= 4 is 0 Å². The lowest BCUT2D eigenvalue weighted by molar-refractivity contribution is -0.152. The largest absolute Gasteiger partial charge is 0.392 e. The van der Waals surface area contributed by atoms with E-state index in [0.717, 1.165) is 59.5 Å². The summed E-state index contributed by atoms with van der Waals surface area (Å²) < 4.78 is 0. The second-order valence-corrected chi connectivity index (χ2v) is 15.2. The molecular weight excluding hydrogens is 452 g/mol. The summed E-state index contributed by atoms with van der Waals surface area (Å²) in [6, 6.07) is 8.16. The molecule has 0 spiro atoms. The Hall–Kier alpha value is -0.860. The van der Waals surface area contributed by atoms with Gasteiger partial charge >= 0.3 is 0 Å². The minimum Gasteiger partial charge on any atom is -0.392 e. The molecule has 0 saturated heterocycles. The van der Waals surface area contributed by atoms with Crippen LogP contribution in [0.4, 0.5) is 0 Å². The van der Waals surface area contributed by atoms with Gasteiger partial charge < -0.3 is 10.2 Å². The summed E-state index contributed by atoms with van der Waals surface area (Å²) in [6.07, 6.45) is 16.5. The van der Waals surface area contributed by atoms with Crippen molar-refractivity contribution in [3.05, 3.63) is 35.4 Å². The van der Waals surface area contributed by atoms with Crippen LogP contribution in [-0.2, 0) is 13.0 Å². The van der Waals surface area contributed by atoms with Gasteiger partial charge in [-0.3, -0.25) is 0 Å². The Morgan fingerprint density at radius 1 is 0.838 bits per heavy atom. The van der Waals surface area contributed by atoms with Gasteiger partial charge in [-0.25, -0.2) is 0 Å². The molecule has 1 aromatic rings. The number of aliphatic hydroxyl groups excluding tert-OH is 1. The molecule has 2 heteroatoms. The van der Waals surface area contributed by atoms with Gasteiger partial charge in [-0.1, -0.05) is 78.1 Å². The fourth-order valence-electron chi connectivity index (χ4n) is 10.7. The third-order valence-corrected chi connectivity index (χ3v) is 12.8. The van der Waals surface area contributed by atoms with Crippen molar-refractivity contribution in [2.45, 2.75) is 130 Å². The van der Waals surface area contributed by atoms with Gasteiger partial charge in [-0.15, -0.1) is 0 Å². The van der Waals surface area contributed by atoms with Crippen LogP contribution in [-0.4, -0.2) is 15.8 Å². The zero-order valence-corrected chi connectivity index (χ0v) is 24.6. The van der Waals surface area contributed by atoms with Crippen molar-refractivity contribution < 1.29 is 10.2 Å². The number of aliphatic hydroxyl groups is 2. The Labute approximate surface area is 228 Å². The van der Waals surface area contributed by atoms with Gasteiger partial charge in [0.1, 0.15) is 0 Å². The van der Waals surface area contributed by atoms with Crippen LogP contribution in [0.25, 0.3) is 0 Å². The van der Waals surface area contributed by atoms with Crippen molar-refractivity contribution in [3.8, 4) is 0 Å². The van der Waals surface area contributed by atoms with E-state index in [2.05, 4.69) is 46.8 Å². The molecule has 0 unspecified atom stereocenters. The first-order valence-electron chi connectivity index (χ1n) is 16.0. The standard InChI is InChI=1S/C35H56O2/c1-24(2)9-8-10-25(3)30-15-16-31-29-14-13-28-22-35(37,21-26-11-6-7-12-27(26)23-36)20-19-33(28,4)32(29)17-18-34(30,31)5/h6-7,11-12,24-25,28-32,36-37H,8-10,13-23H2,1-5H3/t25-,28+,29+,30-,31+,32+,33+,34-,35+/m1/s1. The van der Waals surface area contributed by atoms with Crippen molar-refractivity contribution in [1.29, 1.82) is 0 Å². The second kappa shape index (κ2) is 10.6. The van der Waals surface area contributed by atoms with Gasteiger partial charge in [-0.2, -0.15) is 0 Å². The average molecular weight is 509 g/mol. The van der Waals surface area contributed by atoms with E-state index in [1.54, 1.807) is 0 Å². The molecule has 0 radical (unpaired) electrons. The Balaban J connectivity index is 1.27. The molecule has 0 bridgehead atoms. The SMILES string of the molecule is CC(C)CCC[C@@H](C)[C@H]1CC[C@H]2[C@@H]3CC[C@H]4C[C@@](O)(Cc5ccccc5CO)CC[C@]4(C)[C@H]3CC[C@]12C. The smallest absolute Gasteiger partial charge is 0.0691 e. The Morgan fingerprint density at radius 2 is 1.57 bits per heavy atom. The molecule has 208 valence electrons. The highest BCUT2D eigenvalue weighted by atomic mass is 16.3. The van der Waals surface area contributed by atoms with Crippen molar-refractivity contribution in [2.24, 2.45) is 52.3 Å². The van der Waals surface area contributed by atoms with Crippen LogP contribution in [0, 0.1) is 52.3 Å². The number of rotatable bonds is 8. The van der Waals surface area contributed by atoms with E-state index in [4.69, 9.17) is 0 Å². The van der Waals surface area contributed by atoms with Crippen molar-refractivity contribution in [3.63, 3.8) is 0 Å². The first kappa shape index (κ1) is 27.7. The average Bonchev–Trinajstić information content (AvgIpc) is 3.22. The van der Waals surface area contributed by atoms with E-state index in [-0.39, 0.29) is 6.61 Å². The maximum atomic E-state index is 11.8. The molecule has 4 aliphatic carbocycles. The summed E-state index contributed by atoms with van der Waals surface area (Å²) >= 11 is 0. The predicted octanol–water partition coefficient (Wildman–Crippen LogP) is 8.57. The fourth-order valence-corrected chi connectivity index (χ4v) is 10.7. The van der Waals surface area contributed by atoms with E-state index in [1.807, 2.05) is 12.1 Å². The number of fused-ring (bicyclic) bond motifs is 5. The molecule has 0 heterocycles. The predicted molar refractivity (Wildman–Crippen MR) is 154 cm³/mol. The van der Waals surface area contributed by atoms with E-state index in [1.165, 1.54) is 64.2 Å². The van der Waals surface area contributed by atoms with Gasteiger partial charge in [0, 0.05) is 6.42 Å². The fraction of sp³-hybridized carbons (Fsp3) is 0.829. The molecule has 0 aliphatic heterocycles. The van der Waals surface area contributed by atoms with Crippen molar-refractivity contribution in [2.75, 3.05) is 0 Å². The molecule has 37 heavy (non-hydrogen) atoms. The lowest BCUT2D eigenvalue weighted by Gasteiger charge is -2.62. The maximum absolute atomic E-state index is 11.8. The minimum atomic E-state index is -0.616. The lowest BCUT2D eigenvalue weighted by atomic mass is 9.43. The number of hydrogen-bond donors (Lipinski definition) is 2. The van der Waals surface area contributed by atoms with E-state index in [0.29, 0.717) is 23.2 Å². The molecule has 0 amide bonds. The number of hydrogen-bond acceptors (Lipinski definition) is 2. The zero-order chi connectivity index (χ0) is 26.4. The monoisotopic (exact) mass is 508 g/mol. The minimum absolute atomic E-state index is 0.0641. The van der Waals surface area contributed by atoms with E-state index < -0.39 is 5.60 Å². The normalized spacial score (nSPS) is 42.2. The third-order valence-electron chi connectivity index (χ3n) is 12.8. The molecule has 2 nitrogen and oxygen atoms in total.